The molecule has 3 N–H and O–H groups in total. The lowest BCUT2D eigenvalue weighted by Gasteiger charge is -2.15. The number of aliphatic hydroxyl groups excluding tert-OH is 1. The number of aliphatic hydroxyl groups is 1. The van der Waals surface area contributed by atoms with Crippen LogP contribution < -0.4 is 5.73 Å². The number of nitrogen functional groups attached to an aromatic ring is 1. The van der Waals surface area contributed by atoms with Crippen molar-refractivity contribution in [2.45, 2.75) is 24.9 Å². The number of anilines is 1. The minimum absolute atomic E-state index is 0.253. The highest BCUT2D eigenvalue weighted by atomic mass is 35.5. The summed E-state index contributed by atoms with van der Waals surface area (Å²) in [6.07, 6.45) is 1.51. The van der Waals surface area contributed by atoms with Gasteiger partial charge in [-0.05, 0) is 0 Å². The van der Waals surface area contributed by atoms with Gasteiger partial charge >= 0.3 is 5.97 Å². The van der Waals surface area contributed by atoms with Gasteiger partial charge in [-0.25, -0.2) is 15.0 Å². The number of halogens is 1. The topological polar surface area (TPSA) is 125 Å². The number of imidazole rings is 1. The lowest BCUT2D eigenvalue weighted by Crippen LogP contribution is -2.30. The van der Waals surface area contributed by atoms with Gasteiger partial charge in [0.2, 0.25) is 0 Å². The van der Waals surface area contributed by atoms with Crippen LogP contribution in [-0.2, 0) is 14.3 Å². The number of carbonyl (C=O) groups excluding carboxylic acids is 1. The predicted molar refractivity (Wildman–Crippen MR) is 75.9 cm³/mol. The van der Waals surface area contributed by atoms with E-state index < -0.39 is 24.4 Å². The zero-order valence-electron chi connectivity index (χ0n) is 11.4. The van der Waals surface area contributed by atoms with Crippen molar-refractivity contribution in [3.63, 3.8) is 0 Å². The van der Waals surface area contributed by atoms with Gasteiger partial charge in [-0.1, -0.05) is 0 Å². The molecule has 118 valence electrons. The van der Waals surface area contributed by atoms with E-state index in [1.807, 2.05) is 0 Å². The summed E-state index contributed by atoms with van der Waals surface area (Å²) in [6.45, 7) is -0.277. The number of carbonyl (C=O) groups is 1. The Labute approximate surface area is 130 Å². The highest BCUT2D eigenvalue weighted by Gasteiger charge is 2.39. The third-order valence-electron chi connectivity index (χ3n) is 3.45. The quantitative estimate of drug-likeness (QED) is 0.586. The van der Waals surface area contributed by atoms with Crippen LogP contribution in [0, 0.1) is 0 Å². The summed E-state index contributed by atoms with van der Waals surface area (Å²) in [4.78, 5) is 23.5. The van der Waals surface area contributed by atoms with E-state index >= 15 is 0 Å². The van der Waals surface area contributed by atoms with Crippen molar-refractivity contribution in [1.29, 1.82) is 0 Å². The second-order valence-electron chi connectivity index (χ2n) is 4.79. The van der Waals surface area contributed by atoms with Gasteiger partial charge in [0, 0.05) is 6.42 Å². The van der Waals surface area contributed by atoms with E-state index in [0.29, 0.717) is 17.6 Å². The van der Waals surface area contributed by atoms with Crippen LogP contribution in [0.5, 0.6) is 0 Å². The van der Waals surface area contributed by atoms with E-state index in [4.69, 9.17) is 26.8 Å². The molecule has 0 aliphatic carbocycles. The van der Waals surface area contributed by atoms with Crippen LogP contribution in [0.4, 0.5) is 5.82 Å². The molecule has 1 saturated heterocycles. The molecule has 1 aliphatic heterocycles. The van der Waals surface area contributed by atoms with Crippen LogP contribution >= 0.6 is 11.6 Å². The first-order valence-corrected chi connectivity index (χ1v) is 7.12. The summed E-state index contributed by atoms with van der Waals surface area (Å²) in [6, 6.07) is 0. The SMILES string of the molecule is Nc1ncnc2c1ncn2[C@H]1C[C@H](OC(=O)CCl)[C@@H](CO)O1. The van der Waals surface area contributed by atoms with Crippen molar-refractivity contribution in [2.75, 3.05) is 18.2 Å². The van der Waals surface area contributed by atoms with Gasteiger partial charge in [0.25, 0.3) is 0 Å². The summed E-state index contributed by atoms with van der Waals surface area (Å²) in [7, 11) is 0. The molecule has 0 radical (unpaired) electrons. The van der Waals surface area contributed by atoms with Crippen LogP contribution in [0.15, 0.2) is 12.7 Å². The fraction of sp³-hybridized carbons (Fsp3) is 0.500. The number of hydrogen-bond donors (Lipinski definition) is 2. The first-order valence-electron chi connectivity index (χ1n) is 6.58. The normalized spacial score (nSPS) is 24.7. The Bertz CT molecular complexity index is 693. The molecular formula is C12H14ClN5O4. The number of alkyl halides is 1. The number of rotatable bonds is 4. The summed E-state index contributed by atoms with van der Waals surface area (Å²) in [5.41, 5.74) is 6.72. The Morgan fingerprint density at radius 2 is 2.36 bits per heavy atom. The number of aromatic nitrogens is 4. The van der Waals surface area contributed by atoms with Gasteiger partial charge in [0.05, 0.1) is 12.9 Å². The molecule has 22 heavy (non-hydrogen) atoms. The largest absolute Gasteiger partial charge is 0.458 e. The molecule has 3 heterocycles. The molecule has 9 nitrogen and oxygen atoms in total. The average molecular weight is 328 g/mol. The van der Waals surface area contributed by atoms with Crippen molar-refractivity contribution >= 4 is 34.6 Å². The number of nitrogens with zero attached hydrogens (tertiary/aromatic N) is 4. The number of hydrogen-bond acceptors (Lipinski definition) is 8. The number of esters is 1. The summed E-state index contributed by atoms with van der Waals surface area (Å²) in [5.74, 6) is -0.543. The Balaban J connectivity index is 1.86. The molecule has 1 fully saturated rings. The Kier molecular flexibility index (Phi) is 4.10. The second kappa shape index (κ2) is 6.03. The van der Waals surface area contributed by atoms with E-state index in [1.165, 1.54) is 12.7 Å². The number of ether oxygens (including phenoxy) is 2. The predicted octanol–water partition coefficient (Wildman–Crippen LogP) is -0.161. The van der Waals surface area contributed by atoms with Gasteiger partial charge < -0.3 is 20.3 Å². The van der Waals surface area contributed by atoms with E-state index in [9.17, 15) is 9.90 Å². The van der Waals surface area contributed by atoms with Crippen molar-refractivity contribution in [3.05, 3.63) is 12.7 Å². The molecule has 0 amide bonds. The molecule has 0 aromatic carbocycles. The van der Waals surface area contributed by atoms with Gasteiger partial charge in [0.1, 0.15) is 36.2 Å². The van der Waals surface area contributed by atoms with Gasteiger partial charge in [-0.2, -0.15) is 0 Å². The van der Waals surface area contributed by atoms with Crippen LogP contribution in [0.3, 0.4) is 0 Å². The Hall–Kier alpha value is -1.97. The van der Waals surface area contributed by atoms with Crippen LogP contribution in [0.25, 0.3) is 11.2 Å². The van der Waals surface area contributed by atoms with Crippen molar-refractivity contribution < 1.29 is 19.4 Å². The van der Waals surface area contributed by atoms with E-state index in [-0.39, 0.29) is 18.3 Å². The maximum atomic E-state index is 11.3. The Morgan fingerprint density at radius 3 is 3.09 bits per heavy atom. The molecule has 2 aromatic heterocycles. The smallest absolute Gasteiger partial charge is 0.321 e. The maximum Gasteiger partial charge on any atom is 0.321 e. The molecule has 0 unspecified atom stereocenters. The van der Waals surface area contributed by atoms with Crippen molar-refractivity contribution in [3.8, 4) is 0 Å². The zero-order valence-corrected chi connectivity index (χ0v) is 12.2. The first-order chi connectivity index (χ1) is 10.6. The average Bonchev–Trinajstić information content (AvgIpc) is 3.11. The van der Waals surface area contributed by atoms with Gasteiger partial charge in [-0.15, -0.1) is 11.6 Å². The van der Waals surface area contributed by atoms with E-state index in [1.54, 1.807) is 4.57 Å². The highest BCUT2D eigenvalue weighted by molar-refractivity contribution is 6.26. The molecule has 3 rings (SSSR count). The minimum Gasteiger partial charge on any atom is -0.458 e. The first kappa shape index (κ1) is 14.9. The number of nitrogens with two attached hydrogens (primary N) is 1. The zero-order chi connectivity index (χ0) is 15.7. The van der Waals surface area contributed by atoms with Crippen molar-refractivity contribution in [1.82, 2.24) is 19.5 Å². The molecular weight excluding hydrogens is 314 g/mol. The van der Waals surface area contributed by atoms with E-state index in [2.05, 4.69) is 15.0 Å². The molecule has 3 atom stereocenters. The standard InChI is InChI=1S/C12H14ClN5O4/c13-2-9(20)22-6-1-8(21-7(6)3-19)18-5-17-10-11(14)15-4-16-12(10)18/h4-8,19H,1-3H2,(H2,14,15,16)/t6-,7+,8+/m0/s1. The monoisotopic (exact) mass is 327 g/mol. The van der Waals surface area contributed by atoms with Crippen LogP contribution in [-0.4, -0.2) is 55.3 Å². The van der Waals surface area contributed by atoms with E-state index in [0.717, 1.165) is 0 Å². The van der Waals surface area contributed by atoms with Crippen LogP contribution in [0.1, 0.15) is 12.6 Å². The second-order valence-corrected chi connectivity index (χ2v) is 5.06. The molecule has 0 spiro atoms. The lowest BCUT2D eigenvalue weighted by atomic mass is 10.2. The minimum atomic E-state index is -0.631. The fourth-order valence-corrected chi connectivity index (χ4v) is 2.50. The summed E-state index contributed by atoms with van der Waals surface area (Å²) >= 11 is 5.43. The molecule has 1 aliphatic rings. The fourth-order valence-electron chi connectivity index (χ4n) is 2.44. The molecule has 2 aromatic rings. The molecule has 0 saturated carbocycles. The summed E-state index contributed by atoms with van der Waals surface area (Å²) < 4.78 is 12.6. The van der Waals surface area contributed by atoms with Crippen molar-refractivity contribution in [2.24, 2.45) is 0 Å². The Morgan fingerprint density at radius 1 is 1.55 bits per heavy atom. The van der Waals surface area contributed by atoms with Gasteiger partial charge in [0.15, 0.2) is 11.5 Å². The number of fused-ring (bicyclic) bond motifs is 1. The maximum absolute atomic E-state index is 11.3. The molecule has 10 heteroatoms. The lowest BCUT2D eigenvalue weighted by molar-refractivity contribution is -0.149. The third kappa shape index (κ3) is 2.58. The third-order valence-corrected chi connectivity index (χ3v) is 3.67. The summed E-state index contributed by atoms with van der Waals surface area (Å²) in [5, 5.41) is 9.37. The molecule has 0 bridgehead atoms. The van der Waals surface area contributed by atoms with Gasteiger partial charge in [-0.3, -0.25) is 9.36 Å². The highest BCUT2D eigenvalue weighted by Crippen LogP contribution is 2.32. The van der Waals surface area contributed by atoms with Crippen LogP contribution in [0.2, 0.25) is 0 Å².